The molecular weight excluding hydrogens is 212 g/mol. The second-order valence-electron chi connectivity index (χ2n) is 2.94. The zero-order valence-corrected chi connectivity index (χ0v) is 8.48. The summed E-state index contributed by atoms with van der Waals surface area (Å²) in [7, 11) is -1.80. The lowest BCUT2D eigenvalue weighted by Crippen LogP contribution is -2.12. The van der Waals surface area contributed by atoms with Crippen molar-refractivity contribution in [3.05, 3.63) is 24.0 Å². The lowest BCUT2D eigenvalue weighted by atomic mass is 10.3. The normalized spacial score (nSPS) is 11.4. The Morgan fingerprint density at radius 1 is 1.29 bits per heavy atom. The number of rotatable bonds is 2. The Balaban J connectivity index is 3.46. The summed E-state index contributed by atoms with van der Waals surface area (Å²) < 4.78 is 46.7. The molecule has 0 saturated carbocycles. The van der Waals surface area contributed by atoms with E-state index in [0.717, 1.165) is 6.07 Å². The van der Waals surface area contributed by atoms with Crippen LogP contribution in [0.15, 0.2) is 23.1 Å². The molecule has 0 bridgehead atoms. The van der Waals surface area contributed by atoms with Crippen LogP contribution >= 0.6 is 0 Å². The largest absolute Gasteiger partial charge is 0.377 e. The monoisotopic (exact) mass is 221 g/mol. The van der Waals surface area contributed by atoms with Gasteiger partial charge >= 0.3 is 10.2 Å². The average molecular weight is 221 g/mol. The highest BCUT2D eigenvalue weighted by Gasteiger charge is 2.19. The van der Waals surface area contributed by atoms with Gasteiger partial charge in [-0.25, -0.2) is 4.39 Å². The zero-order chi connectivity index (χ0) is 10.9. The number of halogens is 2. The maximum atomic E-state index is 12.7. The molecule has 1 aromatic carbocycles. The predicted octanol–water partition coefficient (Wildman–Crippen LogP) is 1.55. The van der Waals surface area contributed by atoms with Gasteiger partial charge in [-0.05, 0) is 18.2 Å². The molecule has 0 atom stereocenters. The molecule has 0 N–H and O–H groups in total. The molecule has 0 spiro atoms. The molecular formula is C8H9F2NO2S. The molecule has 14 heavy (non-hydrogen) atoms. The van der Waals surface area contributed by atoms with E-state index in [2.05, 4.69) is 0 Å². The molecule has 1 rings (SSSR count). The van der Waals surface area contributed by atoms with Crippen LogP contribution < -0.4 is 4.90 Å². The van der Waals surface area contributed by atoms with Gasteiger partial charge in [0.1, 0.15) is 10.7 Å². The minimum absolute atomic E-state index is 0.119. The van der Waals surface area contributed by atoms with Crippen molar-refractivity contribution < 1.29 is 16.7 Å². The van der Waals surface area contributed by atoms with Crippen LogP contribution in [0.3, 0.4) is 0 Å². The highest BCUT2D eigenvalue weighted by Crippen LogP contribution is 2.25. The molecule has 0 aliphatic rings. The van der Waals surface area contributed by atoms with E-state index in [1.807, 2.05) is 0 Å². The number of hydrogen-bond donors (Lipinski definition) is 0. The van der Waals surface area contributed by atoms with Gasteiger partial charge in [0.15, 0.2) is 0 Å². The fraction of sp³-hybridized carbons (Fsp3) is 0.250. The van der Waals surface area contributed by atoms with Crippen LogP contribution in [0.2, 0.25) is 0 Å². The van der Waals surface area contributed by atoms with Crippen LogP contribution in [0.25, 0.3) is 0 Å². The lowest BCUT2D eigenvalue weighted by molar-refractivity contribution is 0.549. The number of benzene rings is 1. The summed E-state index contributed by atoms with van der Waals surface area (Å²) in [6.07, 6.45) is 0. The van der Waals surface area contributed by atoms with Gasteiger partial charge in [0.05, 0.1) is 5.69 Å². The summed E-state index contributed by atoms with van der Waals surface area (Å²) >= 11 is 0. The Kier molecular flexibility index (Phi) is 2.75. The first kappa shape index (κ1) is 10.9. The van der Waals surface area contributed by atoms with Crippen molar-refractivity contribution in [2.75, 3.05) is 19.0 Å². The summed E-state index contributed by atoms with van der Waals surface area (Å²) in [6.45, 7) is 0. The molecule has 0 saturated heterocycles. The molecule has 6 heteroatoms. The number of nitrogens with zero attached hydrogens (tertiary/aromatic N) is 1. The first-order chi connectivity index (χ1) is 6.32. The quantitative estimate of drug-likeness (QED) is 0.711. The fourth-order valence-electron chi connectivity index (χ4n) is 1.05. The van der Waals surface area contributed by atoms with Crippen molar-refractivity contribution in [2.45, 2.75) is 4.90 Å². The molecule has 0 aliphatic heterocycles. The number of hydrogen-bond acceptors (Lipinski definition) is 3. The van der Waals surface area contributed by atoms with Gasteiger partial charge in [0.25, 0.3) is 0 Å². The Hall–Kier alpha value is -1.17. The van der Waals surface area contributed by atoms with E-state index in [-0.39, 0.29) is 5.69 Å². The van der Waals surface area contributed by atoms with Crippen molar-refractivity contribution in [1.82, 2.24) is 0 Å². The summed E-state index contributed by atoms with van der Waals surface area (Å²) in [5.74, 6) is -0.785. The third-order valence-corrected chi connectivity index (χ3v) is 2.52. The van der Waals surface area contributed by atoms with Gasteiger partial charge < -0.3 is 4.90 Å². The van der Waals surface area contributed by atoms with Crippen molar-refractivity contribution in [3.8, 4) is 0 Å². The summed E-state index contributed by atoms with van der Waals surface area (Å²) in [5.41, 5.74) is 0.119. The first-order valence-corrected chi connectivity index (χ1v) is 5.12. The Labute approximate surface area is 81.2 Å². The second-order valence-corrected chi connectivity index (χ2v) is 4.26. The smallest absolute Gasteiger partial charge is 0.334 e. The Morgan fingerprint density at radius 3 is 2.29 bits per heavy atom. The van der Waals surface area contributed by atoms with Gasteiger partial charge in [0.2, 0.25) is 0 Å². The fourth-order valence-corrected chi connectivity index (χ4v) is 1.81. The van der Waals surface area contributed by atoms with Gasteiger partial charge in [-0.15, -0.1) is 3.89 Å². The SMILES string of the molecule is CN(C)c1ccc(F)cc1S(=O)(=O)F. The molecule has 78 valence electrons. The third kappa shape index (κ3) is 2.20. The van der Waals surface area contributed by atoms with E-state index in [9.17, 15) is 16.7 Å². The van der Waals surface area contributed by atoms with Crippen LogP contribution in [0, 0.1) is 5.82 Å². The van der Waals surface area contributed by atoms with E-state index in [0.29, 0.717) is 6.07 Å². The van der Waals surface area contributed by atoms with E-state index in [4.69, 9.17) is 0 Å². The van der Waals surface area contributed by atoms with E-state index >= 15 is 0 Å². The van der Waals surface area contributed by atoms with Crippen molar-refractivity contribution in [1.29, 1.82) is 0 Å². The summed E-state index contributed by atoms with van der Waals surface area (Å²) in [5, 5.41) is 0. The Morgan fingerprint density at radius 2 is 1.86 bits per heavy atom. The summed E-state index contributed by atoms with van der Waals surface area (Å²) in [6, 6.07) is 2.94. The van der Waals surface area contributed by atoms with Gasteiger partial charge in [0, 0.05) is 14.1 Å². The lowest BCUT2D eigenvalue weighted by Gasteiger charge is -2.14. The van der Waals surface area contributed by atoms with Crippen molar-refractivity contribution in [3.63, 3.8) is 0 Å². The maximum Gasteiger partial charge on any atom is 0.334 e. The first-order valence-electron chi connectivity index (χ1n) is 3.74. The molecule has 0 aromatic heterocycles. The van der Waals surface area contributed by atoms with Crippen molar-refractivity contribution >= 4 is 15.9 Å². The topological polar surface area (TPSA) is 37.4 Å². The molecule has 3 nitrogen and oxygen atoms in total. The molecule has 0 unspecified atom stereocenters. The van der Waals surface area contributed by atoms with Crippen LogP contribution in [0.4, 0.5) is 14.0 Å². The minimum atomic E-state index is -4.88. The molecule has 0 heterocycles. The molecule has 0 fully saturated rings. The van der Waals surface area contributed by atoms with Crippen LogP contribution in [0.1, 0.15) is 0 Å². The third-order valence-electron chi connectivity index (χ3n) is 1.67. The van der Waals surface area contributed by atoms with E-state index < -0.39 is 20.9 Å². The molecule has 0 aliphatic carbocycles. The van der Waals surface area contributed by atoms with E-state index in [1.165, 1.54) is 11.0 Å². The van der Waals surface area contributed by atoms with Crippen LogP contribution in [-0.2, 0) is 10.2 Å². The van der Waals surface area contributed by atoms with E-state index in [1.54, 1.807) is 14.1 Å². The molecule has 0 radical (unpaired) electrons. The van der Waals surface area contributed by atoms with Crippen molar-refractivity contribution in [2.24, 2.45) is 0 Å². The predicted molar refractivity (Wildman–Crippen MR) is 49.0 cm³/mol. The molecule has 0 amide bonds. The van der Waals surface area contributed by atoms with Gasteiger partial charge in [-0.1, -0.05) is 0 Å². The standard InChI is InChI=1S/C8H9F2NO2S/c1-11(2)7-4-3-6(9)5-8(7)14(10,12)13/h3-5H,1-2H3. The molecule has 1 aromatic rings. The maximum absolute atomic E-state index is 12.7. The number of anilines is 1. The highest BCUT2D eigenvalue weighted by molar-refractivity contribution is 7.86. The second kappa shape index (κ2) is 3.53. The highest BCUT2D eigenvalue weighted by atomic mass is 32.3. The average Bonchev–Trinajstić information content (AvgIpc) is 2.01. The van der Waals surface area contributed by atoms with Crippen LogP contribution in [0.5, 0.6) is 0 Å². The van der Waals surface area contributed by atoms with Crippen LogP contribution in [-0.4, -0.2) is 22.5 Å². The van der Waals surface area contributed by atoms with Gasteiger partial charge in [-0.2, -0.15) is 8.42 Å². The Bertz CT molecular complexity index is 443. The minimum Gasteiger partial charge on any atom is -0.377 e. The summed E-state index contributed by atoms with van der Waals surface area (Å²) in [4.78, 5) is 0.744. The van der Waals surface area contributed by atoms with Gasteiger partial charge in [-0.3, -0.25) is 0 Å². The zero-order valence-electron chi connectivity index (χ0n) is 7.66.